The Morgan fingerprint density at radius 1 is 0.658 bits per heavy atom. The minimum absolute atomic E-state index is 0.310. The molecule has 1 aliphatic heterocycles. The Bertz CT molecular complexity index is 951. The molecule has 1 aliphatic rings. The fraction of sp³-hybridized carbons (Fsp3) is 0.471. The minimum atomic E-state index is -1.71. The van der Waals surface area contributed by atoms with E-state index in [2.05, 4.69) is 112 Å². The van der Waals surface area contributed by atoms with Gasteiger partial charge in [0.25, 0.3) is 0 Å². The molecule has 0 aromatic heterocycles. The standard InChI is InChI=1S/C34H48O2PSi/c1-4-38(5-2,6-3)35-29-31-27-26-30(36-31)19-11-10-18-28-37(32-20-12-7-13-21-32,33-22-14-8-15-23-33)34-24-16-9-17-25-34/h7-9,12-17,20-25,30-31H,4-6,10-11,18-19,26-29H2,1-3H3/q+1/t30-,31-/m0/s1. The monoisotopic (exact) mass is 547 g/mol. The minimum Gasteiger partial charge on any atom is -0.414 e. The number of hydrogen-bond donors (Lipinski definition) is 0. The van der Waals surface area contributed by atoms with Crippen molar-refractivity contribution in [3.05, 3.63) is 91.0 Å². The quantitative estimate of drug-likeness (QED) is 0.109. The van der Waals surface area contributed by atoms with Crippen molar-refractivity contribution in [3.8, 4) is 0 Å². The SMILES string of the molecule is CC[Si](CC)(CC)OC[C@@H]1CC[C@H](CCCCC[P+](c2ccccc2)(c2ccccc2)c2ccccc2)O1. The third kappa shape index (κ3) is 7.05. The van der Waals surface area contributed by atoms with Crippen LogP contribution in [0.5, 0.6) is 0 Å². The summed E-state index contributed by atoms with van der Waals surface area (Å²) in [5, 5.41) is 4.47. The summed E-state index contributed by atoms with van der Waals surface area (Å²) in [6, 6.07) is 37.5. The molecule has 38 heavy (non-hydrogen) atoms. The zero-order chi connectivity index (χ0) is 26.7. The molecule has 0 radical (unpaired) electrons. The van der Waals surface area contributed by atoms with Crippen LogP contribution in [0.3, 0.4) is 0 Å². The van der Waals surface area contributed by atoms with E-state index in [1.165, 1.54) is 72.3 Å². The van der Waals surface area contributed by atoms with E-state index in [4.69, 9.17) is 9.16 Å². The van der Waals surface area contributed by atoms with E-state index in [-0.39, 0.29) is 0 Å². The molecule has 2 atom stereocenters. The molecule has 0 unspecified atom stereocenters. The van der Waals surface area contributed by atoms with E-state index in [1.807, 2.05) is 0 Å². The van der Waals surface area contributed by atoms with Gasteiger partial charge in [-0.05, 0) is 86.6 Å². The maximum absolute atomic E-state index is 6.53. The molecular weight excluding hydrogens is 499 g/mol. The summed E-state index contributed by atoms with van der Waals surface area (Å²) in [7, 11) is -3.23. The molecule has 0 bridgehead atoms. The van der Waals surface area contributed by atoms with Crippen molar-refractivity contribution in [2.24, 2.45) is 0 Å². The number of rotatable bonds is 15. The second-order valence-electron chi connectivity index (χ2n) is 10.9. The van der Waals surface area contributed by atoms with Crippen molar-refractivity contribution in [1.29, 1.82) is 0 Å². The van der Waals surface area contributed by atoms with Crippen molar-refractivity contribution in [2.75, 3.05) is 12.8 Å². The van der Waals surface area contributed by atoms with Gasteiger partial charge in [-0.15, -0.1) is 0 Å². The first-order valence-corrected chi connectivity index (χ1v) is 19.5. The molecule has 3 aromatic rings. The Labute approximate surface area is 233 Å². The zero-order valence-electron chi connectivity index (χ0n) is 23.9. The Balaban J connectivity index is 1.36. The second kappa shape index (κ2) is 14.6. The molecule has 3 aromatic carbocycles. The summed E-state index contributed by atoms with van der Waals surface area (Å²) < 4.78 is 13.0. The van der Waals surface area contributed by atoms with E-state index in [0.29, 0.717) is 12.2 Å². The molecule has 0 N–H and O–H groups in total. The highest BCUT2D eigenvalue weighted by atomic mass is 31.2. The van der Waals surface area contributed by atoms with Crippen LogP contribution < -0.4 is 15.9 Å². The van der Waals surface area contributed by atoms with E-state index in [9.17, 15) is 0 Å². The van der Waals surface area contributed by atoms with Crippen molar-refractivity contribution in [3.63, 3.8) is 0 Å². The highest BCUT2D eigenvalue weighted by molar-refractivity contribution is 7.95. The first-order chi connectivity index (χ1) is 18.7. The fourth-order valence-corrected chi connectivity index (χ4v) is 13.3. The van der Waals surface area contributed by atoms with Gasteiger partial charge in [-0.1, -0.05) is 81.8 Å². The van der Waals surface area contributed by atoms with Gasteiger partial charge in [-0.2, -0.15) is 0 Å². The van der Waals surface area contributed by atoms with Crippen molar-refractivity contribution in [2.45, 2.75) is 89.6 Å². The van der Waals surface area contributed by atoms with Gasteiger partial charge < -0.3 is 9.16 Å². The van der Waals surface area contributed by atoms with Crippen LogP contribution in [0.4, 0.5) is 0 Å². The summed E-state index contributed by atoms with van der Waals surface area (Å²) in [6.45, 7) is 7.74. The van der Waals surface area contributed by atoms with Crippen molar-refractivity contribution in [1.82, 2.24) is 0 Å². The van der Waals surface area contributed by atoms with Crippen LogP contribution in [-0.2, 0) is 9.16 Å². The van der Waals surface area contributed by atoms with E-state index in [1.54, 1.807) is 0 Å². The van der Waals surface area contributed by atoms with Crippen LogP contribution in [0.15, 0.2) is 91.0 Å². The normalized spacial score (nSPS) is 18.1. The molecule has 204 valence electrons. The maximum atomic E-state index is 6.53. The number of benzene rings is 3. The van der Waals surface area contributed by atoms with Crippen LogP contribution in [0.25, 0.3) is 0 Å². The summed E-state index contributed by atoms with van der Waals surface area (Å²) in [4.78, 5) is 0. The van der Waals surface area contributed by atoms with Crippen LogP contribution >= 0.6 is 7.26 Å². The van der Waals surface area contributed by atoms with Gasteiger partial charge in [-0.25, -0.2) is 0 Å². The molecule has 1 fully saturated rings. The Hall–Kier alpha value is -1.77. The van der Waals surface area contributed by atoms with E-state index >= 15 is 0 Å². The number of ether oxygens (including phenoxy) is 1. The Morgan fingerprint density at radius 3 is 1.61 bits per heavy atom. The number of unbranched alkanes of at least 4 members (excludes halogenated alkanes) is 2. The van der Waals surface area contributed by atoms with Gasteiger partial charge >= 0.3 is 0 Å². The second-order valence-corrected chi connectivity index (χ2v) is 19.3. The smallest absolute Gasteiger partial charge is 0.192 e. The largest absolute Gasteiger partial charge is 0.414 e. The summed E-state index contributed by atoms with van der Waals surface area (Å²) in [5.74, 6) is 0. The lowest BCUT2D eigenvalue weighted by Crippen LogP contribution is -2.38. The maximum Gasteiger partial charge on any atom is 0.192 e. The summed E-state index contributed by atoms with van der Waals surface area (Å²) in [5.41, 5.74) is 0. The molecule has 0 aliphatic carbocycles. The van der Waals surface area contributed by atoms with E-state index < -0.39 is 15.6 Å². The third-order valence-electron chi connectivity index (χ3n) is 8.81. The average Bonchev–Trinajstić information content (AvgIpc) is 3.45. The first kappa shape index (κ1) is 29.2. The highest BCUT2D eigenvalue weighted by Gasteiger charge is 2.44. The lowest BCUT2D eigenvalue weighted by molar-refractivity contribution is 0.0110. The first-order valence-electron chi connectivity index (χ1n) is 15.0. The summed E-state index contributed by atoms with van der Waals surface area (Å²) in [6.07, 6.45) is 9.22. The van der Waals surface area contributed by atoms with Crippen LogP contribution in [0.2, 0.25) is 18.1 Å². The topological polar surface area (TPSA) is 18.5 Å². The Kier molecular flexibility index (Phi) is 11.2. The fourth-order valence-electron chi connectivity index (χ4n) is 6.22. The Morgan fingerprint density at radius 2 is 1.13 bits per heavy atom. The molecule has 1 heterocycles. The van der Waals surface area contributed by atoms with Crippen LogP contribution in [-0.4, -0.2) is 33.3 Å². The molecule has 4 rings (SSSR count). The molecule has 1 saturated heterocycles. The molecule has 0 amide bonds. The summed E-state index contributed by atoms with van der Waals surface area (Å²) >= 11 is 0. The van der Waals surface area contributed by atoms with Gasteiger partial charge in [0, 0.05) is 0 Å². The molecule has 0 spiro atoms. The zero-order valence-corrected chi connectivity index (χ0v) is 25.8. The molecule has 0 saturated carbocycles. The van der Waals surface area contributed by atoms with Gasteiger partial charge in [0.05, 0.1) is 25.0 Å². The van der Waals surface area contributed by atoms with Crippen molar-refractivity contribution >= 4 is 31.5 Å². The lowest BCUT2D eigenvalue weighted by Gasteiger charge is -2.29. The van der Waals surface area contributed by atoms with Crippen LogP contribution in [0, 0.1) is 0 Å². The predicted octanol–water partition coefficient (Wildman–Crippen LogP) is 8.11. The van der Waals surface area contributed by atoms with Gasteiger partial charge in [0.15, 0.2) is 8.32 Å². The number of hydrogen-bond acceptors (Lipinski definition) is 2. The van der Waals surface area contributed by atoms with E-state index in [0.717, 1.165) is 13.0 Å². The van der Waals surface area contributed by atoms with Crippen LogP contribution in [0.1, 0.15) is 59.3 Å². The third-order valence-corrected chi connectivity index (χ3v) is 18.0. The van der Waals surface area contributed by atoms with Gasteiger partial charge in [0.1, 0.15) is 23.2 Å². The highest BCUT2D eigenvalue weighted by Crippen LogP contribution is 2.56. The predicted molar refractivity (Wildman–Crippen MR) is 170 cm³/mol. The molecule has 2 nitrogen and oxygen atoms in total. The van der Waals surface area contributed by atoms with Crippen molar-refractivity contribution < 1.29 is 9.16 Å². The molecular formula is C34H48O2PSi+. The van der Waals surface area contributed by atoms with Gasteiger partial charge in [0.2, 0.25) is 0 Å². The average molecular weight is 548 g/mol. The lowest BCUT2D eigenvalue weighted by atomic mass is 10.1. The van der Waals surface area contributed by atoms with Gasteiger partial charge in [-0.3, -0.25) is 0 Å². The molecule has 4 heteroatoms.